The fourth-order valence-electron chi connectivity index (χ4n) is 2.59. The van der Waals surface area contributed by atoms with Gasteiger partial charge in [0.2, 0.25) is 5.91 Å². The molecule has 0 saturated carbocycles. The van der Waals surface area contributed by atoms with Crippen LogP contribution >= 0.6 is 11.3 Å². The summed E-state index contributed by atoms with van der Waals surface area (Å²) in [6.45, 7) is 7.36. The Kier molecular flexibility index (Phi) is 4.99. The van der Waals surface area contributed by atoms with Gasteiger partial charge in [-0.25, -0.2) is 0 Å². The molecule has 106 valence electrons. The number of amides is 1. The van der Waals surface area contributed by atoms with Crippen molar-refractivity contribution < 1.29 is 4.79 Å². The molecule has 0 aromatic carbocycles. The summed E-state index contributed by atoms with van der Waals surface area (Å²) in [5.74, 6) is 0.814. The molecule has 3 nitrogen and oxygen atoms in total. The van der Waals surface area contributed by atoms with Crippen molar-refractivity contribution in [3.8, 4) is 0 Å². The Morgan fingerprint density at radius 3 is 2.84 bits per heavy atom. The van der Waals surface area contributed by atoms with E-state index in [1.165, 1.54) is 5.56 Å². The highest BCUT2D eigenvalue weighted by atomic mass is 32.1. The minimum atomic E-state index is -0.0123. The first-order chi connectivity index (χ1) is 9.13. The molecular formula is C15H24N2OS. The summed E-state index contributed by atoms with van der Waals surface area (Å²) in [6.07, 6.45) is 3.19. The van der Waals surface area contributed by atoms with Crippen molar-refractivity contribution in [2.45, 2.75) is 52.2 Å². The topological polar surface area (TPSA) is 32.3 Å². The summed E-state index contributed by atoms with van der Waals surface area (Å²) < 4.78 is 0. The van der Waals surface area contributed by atoms with E-state index in [-0.39, 0.29) is 18.1 Å². The number of rotatable bonds is 6. The van der Waals surface area contributed by atoms with E-state index >= 15 is 0 Å². The van der Waals surface area contributed by atoms with E-state index < -0.39 is 0 Å². The molecule has 1 aromatic rings. The standard InChI is InChI=1S/C15H24N2OS/c1-4-5-7-17-14(12-6-8-19-10-12)16-13(15(17)18)9-11(2)3/h6,8,10-11,13-14,16H,4-5,7,9H2,1-3H3. The van der Waals surface area contributed by atoms with Crippen LogP contribution in [0.2, 0.25) is 0 Å². The second-order valence-corrected chi connectivity index (χ2v) is 6.47. The van der Waals surface area contributed by atoms with Gasteiger partial charge < -0.3 is 4.90 Å². The number of nitrogens with one attached hydrogen (secondary N) is 1. The van der Waals surface area contributed by atoms with E-state index in [2.05, 4.69) is 42.9 Å². The highest BCUT2D eigenvalue weighted by Gasteiger charge is 2.39. The van der Waals surface area contributed by atoms with Crippen LogP contribution in [0.4, 0.5) is 0 Å². The Balaban J connectivity index is 2.13. The number of thiophene rings is 1. The van der Waals surface area contributed by atoms with Gasteiger partial charge in [0.15, 0.2) is 0 Å². The Bertz CT molecular complexity index is 402. The molecule has 1 fully saturated rings. The summed E-state index contributed by atoms with van der Waals surface area (Å²) in [6, 6.07) is 2.11. The maximum absolute atomic E-state index is 12.5. The van der Waals surface area contributed by atoms with E-state index in [1.807, 2.05) is 4.90 Å². The summed E-state index contributed by atoms with van der Waals surface area (Å²) in [4.78, 5) is 14.5. The maximum atomic E-state index is 12.5. The molecule has 2 heterocycles. The van der Waals surface area contributed by atoms with Crippen molar-refractivity contribution in [2.75, 3.05) is 6.54 Å². The molecule has 19 heavy (non-hydrogen) atoms. The molecule has 2 rings (SSSR count). The molecule has 1 aromatic heterocycles. The van der Waals surface area contributed by atoms with E-state index in [0.29, 0.717) is 5.92 Å². The molecule has 4 heteroatoms. The molecule has 0 bridgehead atoms. The largest absolute Gasteiger partial charge is 0.322 e. The predicted octanol–water partition coefficient (Wildman–Crippen LogP) is 3.39. The van der Waals surface area contributed by atoms with Crippen LogP contribution in [0, 0.1) is 5.92 Å². The van der Waals surface area contributed by atoms with E-state index in [1.54, 1.807) is 11.3 Å². The molecular weight excluding hydrogens is 256 g/mol. The second-order valence-electron chi connectivity index (χ2n) is 5.69. The van der Waals surface area contributed by atoms with Gasteiger partial charge >= 0.3 is 0 Å². The zero-order valence-electron chi connectivity index (χ0n) is 12.1. The zero-order valence-corrected chi connectivity index (χ0v) is 12.9. The van der Waals surface area contributed by atoms with Gasteiger partial charge in [-0.1, -0.05) is 27.2 Å². The summed E-state index contributed by atoms with van der Waals surface area (Å²) >= 11 is 1.69. The Labute approximate surface area is 120 Å². The predicted molar refractivity (Wildman–Crippen MR) is 80.1 cm³/mol. The molecule has 1 aliphatic heterocycles. The first kappa shape index (κ1) is 14.5. The van der Waals surface area contributed by atoms with Gasteiger partial charge in [0.1, 0.15) is 6.17 Å². The SMILES string of the molecule is CCCCN1C(=O)C(CC(C)C)NC1c1ccsc1. The van der Waals surface area contributed by atoms with Gasteiger partial charge in [0.25, 0.3) is 0 Å². The van der Waals surface area contributed by atoms with Crippen molar-refractivity contribution in [1.29, 1.82) is 0 Å². The van der Waals surface area contributed by atoms with Crippen molar-refractivity contribution >= 4 is 17.2 Å². The van der Waals surface area contributed by atoms with Gasteiger partial charge in [0, 0.05) is 6.54 Å². The van der Waals surface area contributed by atoms with Crippen LogP contribution < -0.4 is 5.32 Å². The minimum Gasteiger partial charge on any atom is -0.322 e. The monoisotopic (exact) mass is 280 g/mol. The number of carbonyl (C=O) groups excluding carboxylic acids is 1. The van der Waals surface area contributed by atoms with Crippen LogP contribution in [0.15, 0.2) is 16.8 Å². The third kappa shape index (κ3) is 3.37. The van der Waals surface area contributed by atoms with Crippen LogP contribution in [0.5, 0.6) is 0 Å². The van der Waals surface area contributed by atoms with Crippen LogP contribution in [-0.2, 0) is 4.79 Å². The van der Waals surface area contributed by atoms with Gasteiger partial charge in [-0.2, -0.15) is 11.3 Å². The third-order valence-electron chi connectivity index (χ3n) is 3.57. The van der Waals surface area contributed by atoms with Crippen LogP contribution in [0.3, 0.4) is 0 Å². The lowest BCUT2D eigenvalue weighted by Crippen LogP contribution is -2.32. The third-order valence-corrected chi connectivity index (χ3v) is 4.27. The van der Waals surface area contributed by atoms with Crippen molar-refractivity contribution in [3.05, 3.63) is 22.4 Å². The summed E-state index contributed by atoms with van der Waals surface area (Å²) in [7, 11) is 0. The number of unbranched alkanes of at least 4 members (excludes halogenated alkanes) is 1. The lowest BCUT2D eigenvalue weighted by atomic mass is 10.0. The summed E-state index contributed by atoms with van der Waals surface area (Å²) in [5.41, 5.74) is 1.22. The average molecular weight is 280 g/mol. The molecule has 1 saturated heterocycles. The van der Waals surface area contributed by atoms with Crippen LogP contribution in [0.25, 0.3) is 0 Å². The number of nitrogens with zero attached hydrogens (tertiary/aromatic N) is 1. The van der Waals surface area contributed by atoms with Crippen LogP contribution in [-0.4, -0.2) is 23.4 Å². The Hall–Kier alpha value is -0.870. The van der Waals surface area contributed by atoms with E-state index in [4.69, 9.17) is 0 Å². The normalized spacial score (nSPS) is 23.6. The lowest BCUT2D eigenvalue weighted by molar-refractivity contribution is -0.130. The van der Waals surface area contributed by atoms with Gasteiger partial charge in [-0.3, -0.25) is 10.1 Å². The first-order valence-electron chi connectivity index (χ1n) is 7.22. The van der Waals surface area contributed by atoms with Gasteiger partial charge in [0.05, 0.1) is 6.04 Å². The highest BCUT2D eigenvalue weighted by molar-refractivity contribution is 7.07. The molecule has 0 radical (unpaired) electrons. The number of carbonyl (C=O) groups is 1. The fourth-order valence-corrected chi connectivity index (χ4v) is 3.27. The van der Waals surface area contributed by atoms with Crippen molar-refractivity contribution in [3.63, 3.8) is 0 Å². The fraction of sp³-hybridized carbons (Fsp3) is 0.667. The molecule has 0 spiro atoms. The molecule has 1 N–H and O–H groups in total. The van der Waals surface area contributed by atoms with Crippen molar-refractivity contribution in [2.24, 2.45) is 5.92 Å². The first-order valence-corrected chi connectivity index (χ1v) is 8.16. The highest BCUT2D eigenvalue weighted by Crippen LogP contribution is 2.29. The van der Waals surface area contributed by atoms with Gasteiger partial charge in [-0.15, -0.1) is 0 Å². The molecule has 1 amide bonds. The average Bonchev–Trinajstić information content (AvgIpc) is 2.97. The second kappa shape index (κ2) is 6.53. The van der Waals surface area contributed by atoms with Crippen molar-refractivity contribution in [1.82, 2.24) is 10.2 Å². The maximum Gasteiger partial charge on any atom is 0.241 e. The Morgan fingerprint density at radius 1 is 1.47 bits per heavy atom. The zero-order chi connectivity index (χ0) is 13.8. The number of hydrogen-bond acceptors (Lipinski definition) is 3. The van der Waals surface area contributed by atoms with Gasteiger partial charge in [-0.05, 0) is 41.1 Å². The number of hydrogen-bond donors (Lipinski definition) is 1. The van der Waals surface area contributed by atoms with E-state index in [9.17, 15) is 4.79 Å². The minimum absolute atomic E-state index is 0.0123. The molecule has 2 unspecified atom stereocenters. The smallest absolute Gasteiger partial charge is 0.241 e. The quantitative estimate of drug-likeness (QED) is 0.866. The summed E-state index contributed by atoms with van der Waals surface area (Å²) in [5, 5.41) is 7.74. The van der Waals surface area contributed by atoms with E-state index in [0.717, 1.165) is 25.8 Å². The molecule has 0 aliphatic carbocycles. The Morgan fingerprint density at radius 2 is 2.26 bits per heavy atom. The van der Waals surface area contributed by atoms with Crippen LogP contribution in [0.1, 0.15) is 51.8 Å². The molecule has 1 aliphatic rings. The molecule has 2 atom stereocenters. The lowest BCUT2D eigenvalue weighted by Gasteiger charge is -2.23.